The Bertz CT molecular complexity index is 792. The normalized spacial score (nSPS) is 19.8. The zero-order chi connectivity index (χ0) is 18.8. The topological polar surface area (TPSA) is 117 Å². The van der Waals surface area contributed by atoms with Crippen LogP contribution in [0.1, 0.15) is 41.0 Å². The number of H-pyrrole nitrogens is 1. The third-order valence-electron chi connectivity index (χ3n) is 4.97. The Morgan fingerprint density at radius 1 is 1.31 bits per heavy atom. The molecule has 1 fully saturated rings. The second-order valence-electron chi connectivity index (χ2n) is 6.71. The van der Waals surface area contributed by atoms with Gasteiger partial charge in [0, 0.05) is 32.1 Å². The van der Waals surface area contributed by atoms with Gasteiger partial charge in [-0.3, -0.25) is 14.7 Å². The first-order valence-electron chi connectivity index (χ1n) is 8.70. The maximum atomic E-state index is 12.7. The number of amides is 2. The van der Waals surface area contributed by atoms with Gasteiger partial charge in [-0.25, -0.2) is 4.98 Å². The summed E-state index contributed by atoms with van der Waals surface area (Å²) in [7, 11) is 1.60. The molecule has 2 N–H and O–H groups in total. The van der Waals surface area contributed by atoms with Crippen molar-refractivity contribution in [3.63, 3.8) is 0 Å². The Kier molecular flexibility index (Phi) is 5.06. The molecule has 0 aromatic carbocycles. The molecular formula is C17H24N6O3. The van der Waals surface area contributed by atoms with Gasteiger partial charge in [0.25, 0.3) is 0 Å². The van der Waals surface area contributed by atoms with E-state index < -0.39 is 0 Å². The monoisotopic (exact) mass is 360 g/mol. The molecular weight excluding hydrogens is 336 g/mol. The minimum absolute atomic E-state index is 0.00802. The highest BCUT2D eigenvalue weighted by Crippen LogP contribution is 2.31. The number of aryl methyl sites for hydroxylation is 3. The summed E-state index contributed by atoms with van der Waals surface area (Å²) in [5.41, 5.74) is 1.79. The Morgan fingerprint density at radius 3 is 2.65 bits per heavy atom. The van der Waals surface area contributed by atoms with Crippen molar-refractivity contribution >= 4 is 11.8 Å². The van der Waals surface area contributed by atoms with Gasteiger partial charge in [0.15, 0.2) is 5.82 Å². The molecule has 0 radical (unpaired) electrons. The molecule has 140 valence electrons. The zero-order valence-electron chi connectivity index (χ0n) is 15.5. The van der Waals surface area contributed by atoms with Gasteiger partial charge in [0.1, 0.15) is 11.6 Å². The van der Waals surface area contributed by atoms with Crippen LogP contribution < -0.4 is 5.32 Å². The lowest BCUT2D eigenvalue weighted by Gasteiger charge is -2.16. The zero-order valence-corrected chi connectivity index (χ0v) is 15.5. The Hall–Kier alpha value is -2.71. The maximum Gasteiger partial charge on any atom is 0.225 e. The summed E-state index contributed by atoms with van der Waals surface area (Å²) in [6, 6.07) is 0. The number of aromatic nitrogens is 4. The van der Waals surface area contributed by atoms with Crippen molar-refractivity contribution < 1.29 is 14.1 Å². The number of rotatable bonds is 5. The first-order valence-corrected chi connectivity index (χ1v) is 8.70. The highest BCUT2D eigenvalue weighted by molar-refractivity contribution is 5.83. The van der Waals surface area contributed by atoms with E-state index >= 15 is 0 Å². The molecule has 0 aliphatic carbocycles. The molecule has 2 amide bonds. The molecule has 9 heteroatoms. The van der Waals surface area contributed by atoms with Crippen LogP contribution in [-0.4, -0.2) is 57.2 Å². The minimum Gasteiger partial charge on any atom is -0.361 e. The predicted octanol–water partition coefficient (Wildman–Crippen LogP) is 0.639. The van der Waals surface area contributed by atoms with Crippen molar-refractivity contribution in [1.29, 1.82) is 0 Å². The summed E-state index contributed by atoms with van der Waals surface area (Å²) in [5, 5.41) is 13.6. The number of carbonyl (C=O) groups excluding carboxylic acids is 2. The number of nitrogens with zero attached hydrogens (tertiary/aromatic N) is 4. The van der Waals surface area contributed by atoms with E-state index in [-0.39, 0.29) is 23.7 Å². The lowest BCUT2D eigenvalue weighted by molar-refractivity contribution is -0.130. The average Bonchev–Trinajstić information content (AvgIpc) is 3.32. The Morgan fingerprint density at radius 2 is 2.08 bits per heavy atom. The molecule has 2 atom stereocenters. The van der Waals surface area contributed by atoms with Gasteiger partial charge in [0.2, 0.25) is 11.8 Å². The third kappa shape index (κ3) is 3.47. The minimum atomic E-state index is -0.349. The fraction of sp³-hybridized carbons (Fsp3) is 0.588. The van der Waals surface area contributed by atoms with Gasteiger partial charge in [-0.05, 0) is 27.2 Å². The van der Waals surface area contributed by atoms with E-state index in [1.165, 1.54) is 0 Å². The van der Waals surface area contributed by atoms with Crippen LogP contribution in [0, 0.1) is 26.7 Å². The number of hydrogen-bond donors (Lipinski definition) is 2. The van der Waals surface area contributed by atoms with E-state index in [0.717, 1.165) is 17.0 Å². The Balaban J connectivity index is 1.70. The fourth-order valence-electron chi connectivity index (χ4n) is 3.49. The molecule has 1 aliphatic rings. The first kappa shape index (κ1) is 18.1. The van der Waals surface area contributed by atoms with Gasteiger partial charge in [0.05, 0.1) is 17.5 Å². The average molecular weight is 360 g/mol. The van der Waals surface area contributed by atoms with Crippen LogP contribution in [0.15, 0.2) is 4.52 Å². The lowest BCUT2D eigenvalue weighted by atomic mass is 9.94. The predicted molar refractivity (Wildman–Crippen MR) is 92.3 cm³/mol. The summed E-state index contributed by atoms with van der Waals surface area (Å²) < 4.78 is 5.15. The quantitative estimate of drug-likeness (QED) is 0.808. The van der Waals surface area contributed by atoms with Gasteiger partial charge < -0.3 is 14.7 Å². The summed E-state index contributed by atoms with van der Waals surface area (Å²) in [5.74, 6) is 1.37. The molecule has 3 heterocycles. The molecule has 9 nitrogen and oxygen atoms in total. The van der Waals surface area contributed by atoms with Crippen LogP contribution in [0.4, 0.5) is 0 Å². The number of likely N-dealkylation sites (tertiary alicyclic amines) is 1. The van der Waals surface area contributed by atoms with E-state index in [2.05, 4.69) is 25.7 Å². The van der Waals surface area contributed by atoms with E-state index in [4.69, 9.17) is 4.52 Å². The second kappa shape index (κ2) is 7.27. The van der Waals surface area contributed by atoms with Crippen LogP contribution in [0.3, 0.4) is 0 Å². The van der Waals surface area contributed by atoms with E-state index in [9.17, 15) is 9.59 Å². The van der Waals surface area contributed by atoms with Crippen LogP contribution in [-0.2, 0) is 16.0 Å². The van der Waals surface area contributed by atoms with Gasteiger partial charge >= 0.3 is 0 Å². The molecule has 0 unspecified atom stereocenters. The van der Waals surface area contributed by atoms with Crippen molar-refractivity contribution in [3.8, 4) is 0 Å². The molecule has 1 aliphatic heterocycles. The highest BCUT2D eigenvalue weighted by Gasteiger charge is 2.41. The fourth-order valence-corrected chi connectivity index (χ4v) is 3.49. The van der Waals surface area contributed by atoms with Crippen molar-refractivity contribution in [2.24, 2.45) is 5.92 Å². The molecule has 2 aromatic rings. The van der Waals surface area contributed by atoms with Crippen molar-refractivity contribution in [3.05, 3.63) is 28.7 Å². The number of hydrogen-bond acceptors (Lipinski definition) is 6. The van der Waals surface area contributed by atoms with Crippen LogP contribution in [0.5, 0.6) is 0 Å². The molecule has 26 heavy (non-hydrogen) atoms. The molecule has 1 saturated heterocycles. The number of carbonyl (C=O) groups is 2. The molecule has 0 spiro atoms. The number of nitrogens with one attached hydrogen (secondary N) is 2. The van der Waals surface area contributed by atoms with Gasteiger partial charge in [-0.2, -0.15) is 5.10 Å². The van der Waals surface area contributed by atoms with Crippen molar-refractivity contribution in [2.45, 2.75) is 39.5 Å². The van der Waals surface area contributed by atoms with Crippen molar-refractivity contribution in [1.82, 2.24) is 30.6 Å². The summed E-state index contributed by atoms with van der Waals surface area (Å²) in [6.45, 7) is 6.34. The van der Waals surface area contributed by atoms with E-state index in [1.807, 2.05) is 20.8 Å². The SMILES string of the molecule is CNC(=O)[C@@H]1CN(C(=O)CCc2c(C)noc2C)C[C@H]1c1n[nH]c(C)n1. The highest BCUT2D eigenvalue weighted by atomic mass is 16.5. The Labute approximate surface area is 151 Å². The largest absolute Gasteiger partial charge is 0.361 e. The van der Waals surface area contributed by atoms with Gasteiger partial charge in [-0.1, -0.05) is 5.16 Å². The summed E-state index contributed by atoms with van der Waals surface area (Å²) in [4.78, 5) is 31.1. The van der Waals surface area contributed by atoms with E-state index in [0.29, 0.717) is 37.6 Å². The summed E-state index contributed by atoms with van der Waals surface area (Å²) >= 11 is 0. The standard InChI is InChI=1S/C17H24N6O3/c1-9-12(10(2)26-22-9)5-6-15(24)23-7-13(14(8-23)17(25)18-4)16-19-11(3)20-21-16/h13-14H,5-8H2,1-4H3,(H,18,25)(H,19,20,21)/t13-,14-/m1/s1. The molecule has 0 saturated carbocycles. The van der Waals surface area contributed by atoms with Gasteiger partial charge in [-0.15, -0.1) is 0 Å². The maximum absolute atomic E-state index is 12.7. The first-order chi connectivity index (χ1) is 12.4. The second-order valence-corrected chi connectivity index (χ2v) is 6.71. The smallest absolute Gasteiger partial charge is 0.225 e. The third-order valence-corrected chi connectivity index (χ3v) is 4.97. The molecule has 0 bridgehead atoms. The van der Waals surface area contributed by atoms with Crippen LogP contribution in [0.25, 0.3) is 0 Å². The van der Waals surface area contributed by atoms with Crippen molar-refractivity contribution in [2.75, 3.05) is 20.1 Å². The lowest BCUT2D eigenvalue weighted by Crippen LogP contribution is -2.33. The van der Waals surface area contributed by atoms with Crippen LogP contribution >= 0.6 is 0 Å². The number of aromatic amines is 1. The van der Waals surface area contributed by atoms with Crippen LogP contribution in [0.2, 0.25) is 0 Å². The molecule has 3 rings (SSSR count). The van der Waals surface area contributed by atoms with E-state index in [1.54, 1.807) is 11.9 Å². The molecule has 2 aromatic heterocycles. The summed E-state index contributed by atoms with van der Waals surface area (Å²) in [6.07, 6.45) is 0.925.